The Morgan fingerprint density at radius 1 is 1.10 bits per heavy atom. The molecule has 1 rings (SSSR count). The van der Waals surface area contributed by atoms with Crippen LogP contribution in [0.3, 0.4) is 0 Å². The van der Waals surface area contributed by atoms with Gasteiger partial charge < -0.3 is 0 Å². The second-order valence-corrected chi connectivity index (χ2v) is 19.3. The molecule has 116 valence electrons. The molecular weight excluding hydrogens is 294 g/mol. The first kappa shape index (κ1) is 18.4. The number of hydrogen-bond acceptors (Lipinski definition) is 1. The molecule has 0 aromatic rings. The molecule has 0 saturated carbocycles. The van der Waals surface area contributed by atoms with Crippen molar-refractivity contribution in [2.45, 2.75) is 73.5 Å². The van der Waals surface area contributed by atoms with E-state index in [4.69, 9.17) is 0 Å². The van der Waals surface area contributed by atoms with E-state index in [1.807, 2.05) is 0 Å². The predicted octanol–water partition coefficient (Wildman–Crippen LogP) is 5.27. The summed E-state index contributed by atoms with van der Waals surface area (Å²) in [6.07, 6.45) is 10.6. The van der Waals surface area contributed by atoms with Gasteiger partial charge in [-0.15, -0.1) is 0 Å². The fourth-order valence-corrected chi connectivity index (χ4v) is 19.9. The average Bonchev–Trinajstić information content (AvgIpc) is 2.79. The summed E-state index contributed by atoms with van der Waals surface area (Å²) in [5, 5.41) is 2.62. The summed E-state index contributed by atoms with van der Waals surface area (Å²) in [5.41, 5.74) is 0.550. The first-order chi connectivity index (χ1) is 9.04. The monoisotopic (exact) mass is 329 g/mol. The number of rotatable bonds is 6. The van der Waals surface area contributed by atoms with E-state index in [9.17, 15) is 0 Å². The van der Waals surface area contributed by atoms with Crippen LogP contribution in [0.5, 0.6) is 0 Å². The third-order valence-corrected chi connectivity index (χ3v) is 19.4. The van der Waals surface area contributed by atoms with Crippen LogP contribution >= 0.6 is 0 Å². The molecule has 2 unspecified atom stereocenters. The van der Waals surface area contributed by atoms with Gasteiger partial charge in [-0.3, -0.25) is 0 Å². The van der Waals surface area contributed by atoms with Gasteiger partial charge in [0, 0.05) is 0 Å². The van der Waals surface area contributed by atoms with Crippen LogP contribution in [0.15, 0.2) is 24.3 Å². The van der Waals surface area contributed by atoms with Crippen LogP contribution in [-0.4, -0.2) is 14.3 Å². The van der Waals surface area contributed by atoms with E-state index in [-0.39, 0.29) is 5.54 Å². The van der Waals surface area contributed by atoms with Gasteiger partial charge >= 0.3 is 133 Å². The van der Waals surface area contributed by atoms with Crippen LogP contribution < -0.4 is 3.80 Å². The molecule has 1 N–H and O–H groups in total. The summed E-state index contributed by atoms with van der Waals surface area (Å²) in [5.74, 6) is 0. The zero-order valence-electron chi connectivity index (χ0n) is 14.9. The Kier molecular flexibility index (Phi) is 6.12. The van der Waals surface area contributed by atoms with Crippen molar-refractivity contribution in [3.8, 4) is 0 Å². The number of nitrogens with one attached hydrogen (secondary N) is 1. The molecule has 1 nitrogen and oxygen atoms in total. The topological polar surface area (TPSA) is 12.0 Å². The van der Waals surface area contributed by atoms with Crippen molar-refractivity contribution in [3.05, 3.63) is 24.3 Å². The maximum absolute atomic E-state index is 4.29. The summed E-state index contributed by atoms with van der Waals surface area (Å²) in [4.78, 5) is 0. The minimum absolute atomic E-state index is 0.245. The van der Waals surface area contributed by atoms with Gasteiger partial charge in [0.05, 0.1) is 0 Å². The summed E-state index contributed by atoms with van der Waals surface area (Å²) in [6, 6.07) is 0. The van der Waals surface area contributed by atoms with Crippen LogP contribution in [0.1, 0.15) is 41.0 Å². The Balaban J connectivity index is 3.06. The van der Waals surface area contributed by atoms with Gasteiger partial charge in [-0.2, -0.15) is 0 Å². The molecule has 0 bridgehead atoms. The molecule has 1 aliphatic carbocycles. The second kappa shape index (κ2) is 6.64. The van der Waals surface area contributed by atoms with Crippen LogP contribution in [0.2, 0.25) is 26.9 Å². The van der Waals surface area contributed by atoms with E-state index in [0.29, 0.717) is 5.41 Å². The van der Waals surface area contributed by atoms with Crippen molar-refractivity contribution in [3.63, 3.8) is 0 Å². The first-order valence-electron chi connectivity index (χ1n) is 8.18. The van der Waals surface area contributed by atoms with E-state index in [1.165, 1.54) is 10.8 Å². The Bertz CT molecular complexity index is 371. The van der Waals surface area contributed by atoms with E-state index in [1.54, 1.807) is 0 Å². The molecule has 0 heterocycles. The van der Waals surface area contributed by atoms with E-state index >= 15 is 0 Å². The Hall–Kier alpha value is 0.371. The molecule has 0 saturated heterocycles. The zero-order valence-corrected chi connectivity index (χ0v) is 17.6. The van der Waals surface area contributed by atoms with Gasteiger partial charge in [0.25, 0.3) is 0 Å². The van der Waals surface area contributed by atoms with Gasteiger partial charge in [0.2, 0.25) is 0 Å². The molecule has 0 radical (unpaired) electrons. The molecule has 0 fully saturated rings. The molecule has 20 heavy (non-hydrogen) atoms. The molecule has 0 aliphatic heterocycles. The maximum atomic E-state index is 4.29. The molecule has 2 atom stereocenters. The Labute approximate surface area is 132 Å². The molecule has 0 aromatic heterocycles. The summed E-state index contributed by atoms with van der Waals surface area (Å²) < 4.78 is 6.53. The van der Waals surface area contributed by atoms with Crippen molar-refractivity contribution in [2.75, 3.05) is 0 Å². The van der Waals surface area contributed by atoms with Gasteiger partial charge in [0.15, 0.2) is 0 Å². The van der Waals surface area contributed by atoms with Crippen molar-refractivity contribution < 1.29 is 16.8 Å². The third kappa shape index (κ3) is 4.19. The Morgan fingerprint density at radius 2 is 1.60 bits per heavy atom. The summed E-state index contributed by atoms with van der Waals surface area (Å²) in [7, 11) is -0.553. The molecular formula is C17H35NSiTi. The van der Waals surface area contributed by atoms with Crippen molar-refractivity contribution in [2.24, 2.45) is 5.41 Å². The zero-order chi connectivity index (χ0) is 15.6. The molecule has 0 aromatic carbocycles. The Morgan fingerprint density at radius 3 is 1.95 bits per heavy atom. The van der Waals surface area contributed by atoms with Gasteiger partial charge in [0.1, 0.15) is 0 Å². The van der Waals surface area contributed by atoms with Crippen LogP contribution in [-0.2, 0) is 16.8 Å². The normalized spacial score (nSPS) is 22.2. The summed E-state index contributed by atoms with van der Waals surface area (Å²) in [6.45, 7) is 17.0. The standard InChI is InChI=1S/C8H18N.C5H5.C3H9Si.CH3.Ti/c1-6-8(5,9)7(2,3)4;1-2-4-5-3-1;1-4(2)3;;/h9H,6H2,1-5H3;1-5H;4H,1H2,2-3H3;1H3;/q-1;;;;+1. The van der Waals surface area contributed by atoms with E-state index < -0.39 is 25.6 Å². The fraction of sp³-hybridized carbons (Fsp3) is 0.765. The quantitative estimate of drug-likeness (QED) is 0.655. The molecule has 0 spiro atoms. The number of allylic oxidation sites excluding steroid dienone is 4. The van der Waals surface area contributed by atoms with Crippen molar-refractivity contribution in [1.29, 1.82) is 0 Å². The van der Waals surface area contributed by atoms with E-state index in [2.05, 4.69) is 81.0 Å². The third-order valence-electron chi connectivity index (χ3n) is 5.24. The number of hydrogen-bond donors (Lipinski definition) is 1. The van der Waals surface area contributed by atoms with Crippen LogP contribution in [0.25, 0.3) is 0 Å². The van der Waals surface area contributed by atoms with Crippen LogP contribution in [0.4, 0.5) is 0 Å². The molecule has 0 amide bonds. The summed E-state index contributed by atoms with van der Waals surface area (Å²) >= 11 is -2.10. The predicted molar refractivity (Wildman–Crippen MR) is 92.9 cm³/mol. The van der Waals surface area contributed by atoms with Gasteiger partial charge in [-0.05, 0) is 0 Å². The fourth-order valence-electron chi connectivity index (χ4n) is 3.41. The average molecular weight is 329 g/mol. The minimum atomic E-state index is -2.10. The molecule has 3 heteroatoms. The van der Waals surface area contributed by atoms with Gasteiger partial charge in [-0.25, -0.2) is 0 Å². The van der Waals surface area contributed by atoms with Crippen molar-refractivity contribution >= 4 is 8.80 Å². The first-order valence-corrected chi connectivity index (χ1v) is 15.7. The SMILES string of the molecule is CCC(C)([NH][Ti]([CH3])([CH2][SiH](C)C)[CH]1C=CC=C1)C(C)(C)C. The molecule has 1 aliphatic rings. The van der Waals surface area contributed by atoms with Gasteiger partial charge in [-0.1, -0.05) is 0 Å². The van der Waals surface area contributed by atoms with E-state index in [0.717, 1.165) is 4.22 Å². The van der Waals surface area contributed by atoms with Crippen molar-refractivity contribution in [1.82, 2.24) is 3.80 Å². The second-order valence-electron chi connectivity index (χ2n) is 8.37. The van der Waals surface area contributed by atoms with Crippen LogP contribution in [0, 0.1) is 5.41 Å².